The van der Waals surface area contributed by atoms with E-state index in [0.29, 0.717) is 0 Å². The Bertz CT molecular complexity index is 181. The van der Waals surface area contributed by atoms with Crippen LogP contribution in [0.4, 0.5) is 0 Å². The molecule has 13 heavy (non-hydrogen) atoms. The van der Waals surface area contributed by atoms with E-state index in [4.69, 9.17) is 0 Å². The number of halogens is 2. The fraction of sp³-hybridized carbons (Fsp3) is 0. The van der Waals surface area contributed by atoms with Gasteiger partial charge in [0.25, 0.3) is 0 Å². The third-order valence-electron chi connectivity index (χ3n) is 0.398. The monoisotopic (exact) mass is 500 g/mol. The molecule has 0 aliphatic carbocycles. The summed E-state index contributed by atoms with van der Waals surface area (Å²) in [4.78, 5) is 21.2. The molecule has 0 unspecified atom stereocenters. The predicted molar refractivity (Wildman–Crippen MR) is 46.1 cm³/mol. The molecule has 0 aromatic rings. The van der Waals surface area contributed by atoms with Crippen molar-refractivity contribution < 1.29 is 47.5 Å². The Morgan fingerprint density at radius 2 is 1.15 bits per heavy atom. The standard InChI is InChI=1S/2C3H3BrO2.Hg/c2*4-2-1-3(5)6;/h2*1-2H,(H,5,6);/q;;+2/p-2. The largest absolute Gasteiger partial charge is 2.00 e. The quantitative estimate of drug-likeness (QED) is 0.371. The molecule has 0 radical (unpaired) electrons. The Morgan fingerprint density at radius 1 is 0.923 bits per heavy atom. The zero-order chi connectivity index (χ0) is 9.98. The van der Waals surface area contributed by atoms with Crippen LogP contribution in [0.1, 0.15) is 0 Å². The van der Waals surface area contributed by atoms with Crippen molar-refractivity contribution in [2.75, 3.05) is 0 Å². The molecule has 0 bridgehead atoms. The van der Waals surface area contributed by atoms with Crippen molar-refractivity contribution in [2.45, 2.75) is 0 Å². The molecule has 0 rings (SSSR count). The Morgan fingerprint density at radius 3 is 1.15 bits per heavy atom. The zero-order valence-electron chi connectivity index (χ0n) is 6.41. The van der Waals surface area contributed by atoms with E-state index in [0.717, 1.165) is 12.2 Å². The first-order valence-corrected chi connectivity index (χ1v) is 4.33. The molecule has 0 heterocycles. The average Bonchev–Trinajstić information content (AvgIpc) is 1.87. The minimum Gasteiger partial charge on any atom is -0.545 e. The third kappa shape index (κ3) is 32.9. The summed E-state index contributed by atoms with van der Waals surface area (Å²) < 4.78 is 0. The Kier molecular flexibility index (Phi) is 21.6. The minimum absolute atomic E-state index is 0. The van der Waals surface area contributed by atoms with Crippen molar-refractivity contribution in [3.05, 3.63) is 22.1 Å². The smallest absolute Gasteiger partial charge is 0.545 e. The molecule has 7 heteroatoms. The second-order valence-electron chi connectivity index (χ2n) is 1.22. The van der Waals surface area contributed by atoms with E-state index in [1.54, 1.807) is 0 Å². The third-order valence-corrected chi connectivity index (χ3v) is 0.927. The second-order valence-corrected chi connectivity index (χ2v) is 2.28. The van der Waals surface area contributed by atoms with E-state index in [1.165, 1.54) is 9.97 Å². The SMILES string of the molecule is O=C([O-])C=CBr.O=C([O-])C=CBr.[Hg+2]. The molecule has 0 atom stereocenters. The molecule has 68 valence electrons. The maximum atomic E-state index is 9.37. The van der Waals surface area contributed by atoms with Gasteiger partial charge in [-0.15, -0.1) is 0 Å². The van der Waals surface area contributed by atoms with Crippen LogP contribution in [0.3, 0.4) is 0 Å². The number of aliphatic carboxylic acids is 2. The maximum Gasteiger partial charge on any atom is 2.00 e. The van der Waals surface area contributed by atoms with E-state index >= 15 is 0 Å². The summed E-state index contributed by atoms with van der Waals surface area (Å²) in [5.41, 5.74) is 0. The van der Waals surface area contributed by atoms with Crippen LogP contribution >= 0.6 is 31.9 Å². The van der Waals surface area contributed by atoms with Crippen LogP contribution in [-0.2, 0) is 37.3 Å². The van der Waals surface area contributed by atoms with E-state index < -0.39 is 11.9 Å². The molecule has 4 nitrogen and oxygen atoms in total. The van der Waals surface area contributed by atoms with Gasteiger partial charge in [-0.05, 0) is 22.1 Å². The van der Waals surface area contributed by atoms with Crippen molar-refractivity contribution >= 4 is 43.8 Å². The van der Waals surface area contributed by atoms with Crippen LogP contribution in [0.5, 0.6) is 0 Å². The van der Waals surface area contributed by atoms with E-state index in [9.17, 15) is 19.8 Å². The molecule has 0 aliphatic rings. The van der Waals surface area contributed by atoms with Crippen LogP contribution in [0, 0.1) is 0 Å². The number of hydrogen-bond donors (Lipinski definition) is 0. The molecule has 0 spiro atoms. The first-order valence-electron chi connectivity index (χ1n) is 2.50. The van der Waals surface area contributed by atoms with Crippen LogP contribution in [-0.4, -0.2) is 11.9 Å². The summed E-state index contributed by atoms with van der Waals surface area (Å²) in [6.07, 6.45) is 1.78. The van der Waals surface area contributed by atoms with Gasteiger partial charge in [0, 0.05) is 0 Å². The maximum absolute atomic E-state index is 9.37. The van der Waals surface area contributed by atoms with Crippen molar-refractivity contribution in [3.63, 3.8) is 0 Å². The number of carboxylic acids is 2. The number of carbonyl (C=O) groups excluding carboxylic acids is 2. The summed E-state index contributed by atoms with van der Waals surface area (Å²) in [5, 5.41) is 18.7. The van der Waals surface area contributed by atoms with Gasteiger partial charge >= 0.3 is 27.7 Å². The Labute approximate surface area is 112 Å². The Balaban J connectivity index is -0.000000143. The van der Waals surface area contributed by atoms with Gasteiger partial charge in [0.1, 0.15) is 0 Å². The van der Waals surface area contributed by atoms with Gasteiger partial charge < -0.3 is 19.8 Å². The number of carboxylic acid groups (broad SMARTS) is 2. The zero-order valence-corrected chi connectivity index (χ0v) is 15.1. The topological polar surface area (TPSA) is 80.3 Å². The van der Waals surface area contributed by atoms with Crippen LogP contribution in [0.25, 0.3) is 0 Å². The number of hydrogen-bond acceptors (Lipinski definition) is 4. The first-order chi connectivity index (χ1) is 5.54. The van der Waals surface area contributed by atoms with Gasteiger partial charge in [-0.25, -0.2) is 0 Å². The average molecular weight is 500 g/mol. The molecule has 0 saturated heterocycles. The van der Waals surface area contributed by atoms with Gasteiger partial charge in [0.2, 0.25) is 0 Å². The fourth-order valence-electron chi connectivity index (χ4n) is 0.103. The molecule has 0 N–H and O–H groups in total. The van der Waals surface area contributed by atoms with Crippen LogP contribution in [0.2, 0.25) is 0 Å². The van der Waals surface area contributed by atoms with Gasteiger partial charge in [0.15, 0.2) is 0 Å². The minimum atomic E-state index is -1.19. The summed E-state index contributed by atoms with van der Waals surface area (Å²) in [6.45, 7) is 0. The molecule has 0 saturated carbocycles. The summed E-state index contributed by atoms with van der Waals surface area (Å²) in [5.74, 6) is -2.38. The van der Waals surface area contributed by atoms with E-state index in [-0.39, 0.29) is 27.7 Å². The number of rotatable bonds is 2. The molecule has 0 aromatic heterocycles. The van der Waals surface area contributed by atoms with Crippen molar-refractivity contribution in [1.29, 1.82) is 0 Å². The van der Waals surface area contributed by atoms with Crippen molar-refractivity contribution in [1.82, 2.24) is 0 Å². The van der Waals surface area contributed by atoms with Gasteiger partial charge in [-0.3, -0.25) is 0 Å². The van der Waals surface area contributed by atoms with Crippen molar-refractivity contribution in [3.8, 4) is 0 Å². The summed E-state index contributed by atoms with van der Waals surface area (Å²) in [7, 11) is 0. The van der Waals surface area contributed by atoms with E-state index in [2.05, 4.69) is 31.9 Å². The van der Waals surface area contributed by atoms with Crippen LogP contribution in [0.15, 0.2) is 22.1 Å². The fourth-order valence-corrected chi connectivity index (χ4v) is 0.535. The first kappa shape index (κ1) is 19.0. The van der Waals surface area contributed by atoms with Gasteiger partial charge in [0.05, 0.1) is 11.9 Å². The van der Waals surface area contributed by atoms with Gasteiger partial charge in [-0.1, -0.05) is 31.9 Å². The Hall–Kier alpha value is 0.315. The summed E-state index contributed by atoms with van der Waals surface area (Å²) in [6, 6.07) is 0. The normalized spacial score (nSPS) is 8.77. The molecular formula is C6H4Br2HgO4. The molecular weight excluding hydrogens is 496 g/mol. The molecule has 0 fully saturated rings. The molecule has 0 aliphatic heterocycles. The number of carbonyl (C=O) groups is 2. The second kappa shape index (κ2) is 14.8. The molecule has 0 aromatic carbocycles. The predicted octanol–water partition coefficient (Wildman–Crippen LogP) is -0.713. The van der Waals surface area contributed by atoms with Crippen molar-refractivity contribution in [2.24, 2.45) is 0 Å². The van der Waals surface area contributed by atoms with Gasteiger partial charge in [-0.2, -0.15) is 0 Å². The van der Waals surface area contributed by atoms with Crippen LogP contribution < -0.4 is 10.2 Å². The van der Waals surface area contributed by atoms with E-state index in [1.807, 2.05) is 0 Å². The molecule has 0 amide bonds. The summed E-state index contributed by atoms with van der Waals surface area (Å²) >= 11 is 5.50.